The van der Waals surface area contributed by atoms with E-state index in [-0.39, 0.29) is 40.2 Å². The molecule has 9 nitrogen and oxygen atoms in total. The third-order valence-corrected chi connectivity index (χ3v) is 6.47. The minimum absolute atomic E-state index is 0.0398. The van der Waals surface area contributed by atoms with Crippen molar-refractivity contribution in [1.29, 1.82) is 5.41 Å². The minimum atomic E-state index is -0.769. The fourth-order valence-electron chi connectivity index (χ4n) is 4.56. The third kappa shape index (κ3) is 4.05. The molecule has 2 amide bonds. The number of carbonyl (C=O) groups excluding carboxylic acids is 2. The fraction of sp³-hybridized carbons (Fsp3) is 0.280. The summed E-state index contributed by atoms with van der Waals surface area (Å²) in [6, 6.07) is 1.32. The first-order valence-corrected chi connectivity index (χ1v) is 11.3. The smallest absolute Gasteiger partial charge is 0.266 e. The molecule has 10 heteroatoms. The van der Waals surface area contributed by atoms with Gasteiger partial charge in [-0.15, -0.1) is 0 Å². The number of halogens is 1. The van der Waals surface area contributed by atoms with Crippen LogP contribution in [-0.4, -0.2) is 49.6 Å². The molecule has 1 saturated heterocycles. The number of hydrogen-bond acceptors (Lipinski definition) is 4. The Morgan fingerprint density at radius 2 is 1.91 bits per heavy atom. The van der Waals surface area contributed by atoms with Crippen molar-refractivity contribution >= 4 is 23.3 Å². The van der Waals surface area contributed by atoms with E-state index in [1.54, 1.807) is 26.1 Å². The Kier molecular flexibility index (Phi) is 5.40. The van der Waals surface area contributed by atoms with Crippen molar-refractivity contribution in [1.82, 2.24) is 18.9 Å². The second kappa shape index (κ2) is 8.43. The molecule has 0 spiro atoms. The van der Waals surface area contributed by atoms with Gasteiger partial charge in [0.25, 0.3) is 5.91 Å². The van der Waals surface area contributed by atoms with Crippen molar-refractivity contribution in [3.8, 4) is 11.8 Å². The highest BCUT2D eigenvalue weighted by atomic mass is 19.1. The number of rotatable bonds is 5. The van der Waals surface area contributed by atoms with Crippen LogP contribution in [0.2, 0.25) is 0 Å². The Morgan fingerprint density at radius 3 is 2.57 bits per heavy atom. The number of hydrogen-bond donors (Lipinski definition) is 3. The van der Waals surface area contributed by atoms with Crippen molar-refractivity contribution in [2.45, 2.75) is 31.2 Å². The summed E-state index contributed by atoms with van der Waals surface area (Å²) in [5.41, 5.74) is 13.5. The molecule has 2 aliphatic rings. The van der Waals surface area contributed by atoms with Crippen LogP contribution < -0.4 is 11.5 Å². The van der Waals surface area contributed by atoms with Gasteiger partial charge in [-0.3, -0.25) is 15.0 Å². The number of amidine groups is 1. The first-order chi connectivity index (χ1) is 16.8. The van der Waals surface area contributed by atoms with E-state index >= 15 is 0 Å². The molecule has 1 aliphatic heterocycles. The highest BCUT2D eigenvalue weighted by Crippen LogP contribution is 2.39. The van der Waals surface area contributed by atoms with Crippen LogP contribution in [0.5, 0.6) is 0 Å². The summed E-state index contributed by atoms with van der Waals surface area (Å²) in [6.45, 7) is 4.34. The third-order valence-electron chi connectivity index (χ3n) is 6.47. The Labute approximate surface area is 200 Å². The molecule has 5 N–H and O–H groups in total. The number of nitrogens with one attached hydrogen (secondary N) is 1. The minimum Gasteiger partial charge on any atom is -0.384 e. The number of fused-ring (bicyclic) bond motifs is 1. The van der Waals surface area contributed by atoms with Gasteiger partial charge in [-0.05, 0) is 25.3 Å². The van der Waals surface area contributed by atoms with E-state index in [4.69, 9.17) is 16.9 Å². The second-order valence-corrected chi connectivity index (χ2v) is 8.87. The summed E-state index contributed by atoms with van der Waals surface area (Å²) >= 11 is 0. The van der Waals surface area contributed by atoms with E-state index in [0.29, 0.717) is 31.1 Å². The van der Waals surface area contributed by atoms with Crippen LogP contribution in [0, 0.1) is 23.1 Å². The van der Waals surface area contributed by atoms with E-state index in [0.717, 1.165) is 18.5 Å². The highest BCUT2D eigenvalue weighted by Gasteiger charge is 2.31. The summed E-state index contributed by atoms with van der Waals surface area (Å²) in [6.07, 6.45) is 8.76. The topological polar surface area (TPSA) is 136 Å². The van der Waals surface area contributed by atoms with Crippen LogP contribution in [0.15, 0.2) is 37.3 Å². The predicted molar refractivity (Wildman–Crippen MR) is 128 cm³/mol. The van der Waals surface area contributed by atoms with Crippen molar-refractivity contribution in [3.05, 3.63) is 71.2 Å². The van der Waals surface area contributed by atoms with Crippen molar-refractivity contribution in [3.63, 3.8) is 0 Å². The first-order valence-electron chi connectivity index (χ1n) is 11.3. The first kappa shape index (κ1) is 22.4. The molecule has 0 unspecified atom stereocenters. The van der Waals surface area contributed by atoms with Crippen LogP contribution >= 0.6 is 0 Å². The Bertz CT molecular complexity index is 1470. The van der Waals surface area contributed by atoms with E-state index in [1.807, 2.05) is 6.20 Å². The van der Waals surface area contributed by atoms with Gasteiger partial charge in [0.1, 0.15) is 17.2 Å². The lowest BCUT2D eigenvalue weighted by Gasteiger charge is -2.17. The van der Waals surface area contributed by atoms with Crippen LogP contribution in [0.4, 0.5) is 4.39 Å². The summed E-state index contributed by atoms with van der Waals surface area (Å²) in [4.78, 5) is 30.6. The summed E-state index contributed by atoms with van der Waals surface area (Å²) < 4.78 is 18.0. The number of likely N-dealkylation sites (tertiary alicyclic amines) is 1. The maximum absolute atomic E-state index is 14.8. The van der Waals surface area contributed by atoms with Crippen molar-refractivity contribution in [2.24, 2.45) is 11.5 Å². The second-order valence-electron chi connectivity index (χ2n) is 8.87. The zero-order valence-electron chi connectivity index (χ0n) is 18.9. The van der Waals surface area contributed by atoms with E-state index in [9.17, 15) is 14.0 Å². The van der Waals surface area contributed by atoms with Crippen LogP contribution in [0.1, 0.15) is 64.1 Å². The Balaban J connectivity index is 1.54. The molecule has 3 aromatic heterocycles. The monoisotopic (exact) mass is 473 g/mol. The summed E-state index contributed by atoms with van der Waals surface area (Å²) in [5, 5.41) is 8.04. The van der Waals surface area contributed by atoms with Crippen LogP contribution in [-0.2, 0) is 4.79 Å². The molecule has 178 valence electrons. The van der Waals surface area contributed by atoms with E-state index < -0.39 is 11.7 Å². The lowest BCUT2D eigenvalue weighted by Crippen LogP contribution is -2.29. The molecule has 0 bridgehead atoms. The standard InChI is InChI=1S/C25H24FN7O2/c1-2-21(34)31-8-7-17(11-31)33-10-16(22(24(27)28)23(33)25(29)35)6-5-15-9-20-30-19(14-3-4-14)13-32(20)12-18(15)26/h2,9-10,12-14,17H,1,3-4,7-8,11H2,(H3,27,28)(H2,29,35)/t17-/m0/s1. The van der Waals surface area contributed by atoms with Crippen LogP contribution in [0.3, 0.4) is 0 Å². The zero-order chi connectivity index (χ0) is 24.9. The van der Waals surface area contributed by atoms with E-state index in [1.165, 1.54) is 12.3 Å². The number of nitrogens with zero attached hydrogens (tertiary/aromatic N) is 4. The Morgan fingerprint density at radius 1 is 1.17 bits per heavy atom. The predicted octanol–water partition coefficient (Wildman–Crippen LogP) is 1.89. The molecule has 0 radical (unpaired) electrons. The average Bonchev–Trinajstić information content (AvgIpc) is 3.24. The normalized spacial score (nSPS) is 17.3. The van der Waals surface area contributed by atoms with Gasteiger partial charge in [-0.25, -0.2) is 9.37 Å². The fourth-order valence-corrected chi connectivity index (χ4v) is 4.56. The van der Waals surface area contributed by atoms with Crippen LogP contribution in [0.25, 0.3) is 5.65 Å². The van der Waals surface area contributed by atoms with Crippen molar-refractivity contribution < 1.29 is 14.0 Å². The van der Waals surface area contributed by atoms with Crippen molar-refractivity contribution in [2.75, 3.05) is 13.1 Å². The molecule has 3 aromatic rings. The number of primary amides is 1. The molecule has 4 heterocycles. The van der Waals surface area contributed by atoms with Gasteiger partial charge in [0.15, 0.2) is 5.82 Å². The largest absolute Gasteiger partial charge is 0.384 e. The van der Waals surface area contributed by atoms with Gasteiger partial charge < -0.3 is 25.3 Å². The highest BCUT2D eigenvalue weighted by molar-refractivity contribution is 6.08. The van der Waals surface area contributed by atoms with E-state index in [2.05, 4.69) is 23.4 Å². The molecule has 35 heavy (non-hydrogen) atoms. The quantitative estimate of drug-likeness (QED) is 0.226. The molecule has 2 fully saturated rings. The van der Waals surface area contributed by atoms with Gasteiger partial charge >= 0.3 is 0 Å². The lowest BCUT2D eigenvalue weighted by molar-refractivity contribution is -0.125. The van der Waals surface area contributed by atoms with Gasteiger partial charge in [-0.1, -0.05) is 18.4 Å². The summed E-state index contributed by atoms with van der Waals surface area (Å²) in [7, 11) is 0. The molecule has 5 rings (SSSR count). The number of nitrogen functional groups attached to an aromatic ring is 1. The molecule has 0 aromatic carbocycles. The molecular formula is C25H24FN7O2. The molecule has 1 saturated carbocycles. The van der Waals surface area contributed by atoms with Gasteiger partial charge in [0, 0.05) is 43.7 Å². The number of aromatic nitrogens is 3. The number of pyridine rings is 1. The molecule has 1 aliphatic carbocycles. The maximum Gasteiger partial charge on any atom is 0.266 e. The summed E-state index contributed by atoms with van der Waals surface area (Å²) in [5.74, 6) is 4.24. The SMILES string of the molecule is C=CC(=O)N1CC[C@H](n2cc(C#Cc3cc4nc(C5CC5)cn4cc3F)c(C(=N)N)c2C(N)=O)C1. The number of amides is 2. The maximum atomic E-state index is 14.8. The molecular weight excluding hydrogens is 449 g/mol. The van der Waals surface area contributed by atoms with Gasteiger partial charge in [0.2, 0.25) is 5.91 Å². The van der Waals surface area contributed by atoms with Gasteiger partial charge in [0.05, 0.1) is 28.4 Å². The Hall–Kier alpha value is -4.39. The number of carbonyl (C=O) groups is 2. The number of imidazole rings is 1. The lowest BCUT2D eigenvalue weighted by atomic mass is 10.1. The number of nitrogens with two attached hydrogens (primary N) is 2. The molecule has 1 atom stereocenters. The van der Waals surface area contributed by atoms with Gasteiger partial charge in [-0.2, -0.15) is 0 Å². The average molecular weight is 474 g/mol. The zero-order valence-corrected chi connectivity index (χ0v) is 18.9.